The van der Waals surface area contributed by atoms with Gasteiger partial charge in [-0.3, -0.25) is 4.90 Å². The highest BCUT2D eigenvalue weighted by molar-refractivity contribution is 6.03. The Kier molecular flexibility index (Phi) is 6.54. The van der Waals surface area contributed by atoms with Crippen LogP contribution in [0.3, 0.4) is 0 Å². The maximum Gasteiger partial charge on any atom is 0.414 e. The maximum atomic E-state index is 12.6. The highest BCUT2D eigenvalue weighted by atomic mass is 16.6. The third kappa shape index (κ3) is 4.82. The van der Waals surface area contributed by atoms with Gasteiger partial charge >= 0.3 is 18.0 Å². The van der Waals surface area contributed by atoms with Crippen LogP contribution in [0, 0.1) is 0 Å². The van der Waals surface area contributed by atoms with Crippen molar-refractivity contribution in [2.75, 3.05) is 43.9 Å². The van der Waals surface area contributed by atoms with Gasteiger partial charge in [-0.2, -0.15) is 0 Å². The van der Waals surface area contributed by atoms with E-state index in [9.17, 15) is 14.4 Å². The van der Waals surface area contributed by atoms with E-state index in [0.29, 0.717) is 12.2 Å². The predicted octanol–water partition coefficient (Wildman–Crippen LogP) is 2.77. The number of fused-ring (bicyclic) bond motifs is 1. The third-order valence-corrected chi connectivity index (χ3v) is 4.94. The third-order valence-electron chi connectivity index (χ3n) is 4.94. The first-order chi connectivity index (χ1) is 14.7. The molecule has 1 amide bonds. The van der Waals surface area contributed by atoms with E-state index in [2.05, 4.69) is 0 Å². The summed E-state index contributed by atoms with van der Waals surface area (Å²) in [7, 11) is 2.50. The number of hydrogen-bond donors (Lipinski definition) is 0. The summed E-state index contributed by atoms with van der Waals surface area (Å²) in [4.78, 5) is 40.5. The van der Waals surface area contributed by atoms with Crippen molar-refractivity contribution < 1.29 is 33.3 Å². The molecule has 9 heteroatoms. The van der Waals surface area contributed by atoms with Crippen LogP contribution in [-0.2, 0) is 35.0 Å². The van der Waals surface area contributed by atoms with Crippen molar-refractivity contribution in [1.29, 1.82) is 0 Å². The number of anilines is 2. The van der Waals surface area contributed by atoms with Crippen LogP contribution in [0.5, 0.6) is 0 Å². The first-order valence-corrected chi connectivity index (χ1v) is 10.0. The summed E-state index contributed by atoms with van der Waals surface area (Å²) in [5, 5.41) is 0. The molecular weight excluding hydrogens is 404 g/mol. The zero-order valence-corrected chi connectivity index (χ0v) is 18.5. The van der Waals surface area contributed by atoms with Gasteiger partial charge in [0.2, 0.25) is 0 Å². The van der Waals surface area contributed by atoms with E-state index in [1.165, 1.54) is 14.2 Å². The molecule has 0 unspecified atom stereocenters. The fourth-order valence-electron chi connectivity index (χ4n) is 3.61. The fourth-order valence-corrected chi connectivity index (χ4v) is 3.61. The second-order valence-electron chi connectivity index (χ2n) is 8.26. The summed E-state index contributed by atoms with van der Waals surface area (Å²) < 4.78 is 20.8. The monoisotopic (exact) mass is 432 g/mol. The SMILES string of the molecule is COC(=O)C1=C(C(=O)OC)N(c2ccc3c(c2)CCCN3C(=O)OC(C)(C)C)COC1. The molecule has 3 rings (SSSR count). The lowest BCUT2D eigenvalue weighted by Gasteiger charge is -2.34. The molecule has 0 N–H and O–H groups in total. The van der Waals surface area contributed by atoms with Crippen LogP contribution in [0.15, 0.2) is 29.5 Å². The number of amides is 1. The van der Waals surface area contributed by atoms with Crippen molar-refractivity contribution in [1.82, 2.24) is 0 Å². The molecule has 0 atom stereocenters. The van der Waals surface area contributed by atoms with Gasteiger partial charge < -0.3 is 23.8 Å². The fraction of sp³-hybridized carbons (Fsp3) is 0.500. The second kappa shape index (κ2) is 8.97. The average molecular weight is 432 g/mol. The molecule has 2 heterocycles. The summed E-state index contributed by atoms with van der Waals surface area (Å²) in [5.41, 5.74) is 1.92. The molecule has 0 aliphatic carbocycles. The molecule has 0 saturated heterocycles. The Labute approximate surface area is 181 Å². The van der Waals surface area contributed by atoms with Gasteiger partial charge in [0, 0.05) is 12.2 Å². The van der Waals surface area contributed by atoms with Crippen LogP contribution < -0.4 is 9.80 Å². The lowest BCUT2D eigenvalue weighted by molar-refractivity contribution is -0.140. The van der Waals surface area contributed by atoms with Crippen LogP contribution in [0.4, 0.5) is 16.2 Å². The molecule has 0 aromatic heterocycles. The smallest absolute Gasteiger partial charge is 0.414 e. The first kappa shape index (κ1) is 22.6. The van der Waals surface area contributed by atoms with Crippen molar-refractivity contribution >= 4 is 29.4 Å². The summed E-state index contributed by atoms with van der Waals surface area (Å²) in [6.45, 7) is 6.07. The quantitative estimate of drug-likeness (QED) is 0.532. The van der Waals surface area contributed by atoms with Gasteiger partial charge in [-0.15, -0.1) is 0 Å². The van der Waals surface area contributed by atoms with E-state index in [4.69, 9.17) is 18.9 Å². The normalized spacial score (nSPS) is 16.5. The Morgan fingerprint density at radius 2 is 1.77 bits per heavy atom. The Bertz CT molecular complexity index is 917. The zero-order chi connectivity index (χ0) is 22.8. The Balaban J connectivity index is 1.98. The van der Waals surface area contributed by atoms with Crippen LogP contribution in [-0.4, -0.2) is 57.7 Å². The number of rotatable bonds is 3. The van der Waals surface area contributed by atoms with Crippen molar-refractivity contribution in [2.45, 2.75) is 39.2 Å². The summed E-state index contributed by atoms with van der Waals surface area (Å²) in [6, 6.07) is 5.47. The van der Waals surface area contributed by atoms with Crippen LogP contribution in [0.2, 0.25) is 0 Å². The predicted molar refractivity (Wildman–Crippen MR) is 113 cm³/mol. The number of nitrogens with zero attached hydrogens (tertiary/aromatic N) is 2. The lowest BCUT2D eigenvalue weighted by Crippen LogP contribution is -2.40. The standard InChI is InChI=1S/C22H28N2O7/c1-22(2,3)31-21(27)23-10-6-7-14-11-15(8-9-17(14)23)24-13-30-12-16(19(25)28-4)18(24)20(26)29-5/h8-9,11H,6-7,10,12-13H2,1-5H3. The molecule has 1 aromatic rings. The topological polar surface area (TPSA) is 94.6 Å². The van der Waals surface area contributed by atoms with E-state index in [0.717, 1.165) is 24.1 Å². The molecular formula is C22H28N2O7. The van der Waals surface area contributed by atoms with E-state index >= 15 is 0 Å². The minimum Gasteiger partial charge on any atom is -0.466 e. The molecule has 0 spiro atoms. The summed E-state index contributed by atoms with van der Waals surface area (Å²) >= 11 is 0. The molecule has 0 saturated carbocycles. The number of carbonyl (C=O) groups is 3. The minimum absolute atomic E-state index is 0.0506. The number of hydrogen-bond acceptors (Lipinski definition) is 8. The van der Waals surface area contributed by atoms with Crippen molar-refractivity contribution in [3.8, 4) is 0 Å². The average Bonchev–Trinajstić information content (AvgIpc) is 2.75. The molecule has 0 fully saturated rings. The molecule has 2 aliphatic rings. The minimum atomic E-state index is -0.656. The number of aryl methyl sites for hydroxylation is 1. The molecule has 168 valence electrons. The molecule has 31 heavy (non-hydrogen) atoms. The van der Waals surface area contributed by atoms with Crippen molar-refractivity contribution in [3.05, 3.63) is 35.0 Å². The highest BCUT2D eigenvalue weighted by Gasteiger charge is 2.33. The van der Waals surface area contributed by atoms with Gasteiger partial charge in [-0.1, -0.05) is 0 Å². The Morgan fingerprint density at radius 3 is 2.42 bits per heavy atom. The maximum absolute atomic E-state index is 12.6. The zero-order valence-electron chi connectivity index (χ0n) is 18.5. The van der Waals surface area contributed by atoms with Crippen LogP contribution >= 0.6 is 0 Å². The first-order valence-electron chi connectivity index (χ1n) is 10.0. The number of methoxy groups -OCH3 is 2. The molecule has 0 radical (unpaired) electrons. The Hall–Kier alpha value is -3.07. The van der Waals surface area contributed by atoms with Gasteiger partial charge in [0.1, 0.15) is 18.0 Å². The van der Waals surface area contributed by atoms with Crippen LogP contribution in [0.25, 0.3) is 0 Å². The summed E-state index contributed by atoms with van der Waals surface area (Å²) in [5.74, 6) is -1.31. The molecule has 2 aliphatic heterocycles. The van der Waals surface area contributed by atoms with Crippen molar-refractivity contribution in [3.63, 3.8) is 0 Å². The number of carbonyl (C=O) groups excluding carboxylic acids is 3. The van der Waals surface area contributed by atoms with Gasteiger partial charge in [-0.25, -0.2) is 14.4 Å². The van der Waals surface area contributed by atoms with E-state index < -0.39 is 23.6 Å². The number of benzene rings is 1. The van der Waals surface area contributed by atoms with Gasteiger partial charge in [0.15, 0.2) is 0 Å². The summed E-state index contributed by atoms with van der Waals surface area (Å²) in [6.07, 6.45) is 1.14. The largest absolute Gasteiger partial charge is 0.466 e. The van der Waals surface area contributed by atoms with Gasteiger partial charge in [0.25, 0.3) is 0 Å². The van der Waals surface area contributed by atoms with Gasteiger partial charge in [-0.05, 0) is 57.4 Å². The number of ether oxygens (including phenoxy) is 4. The molecule has 9 nitrogen and oxygen atoms in total. The Morgan fingerprint density at radius 1 is 1.06 bits per heavy atom. The van der Waals surface area contributed by atoms with E-state index in [-0.39, 0.29) is 24.6 Å². The van der Waals surface area contributed by atoms with E-state index in [1.807, 2.05) is 32.9 Å². The molecule has 0 bridgehead atoms. The highest BCUT2D eigenvalue weighted by Crippen LogP contribution is 2.34. The second-order valence-corrected chi connectivity index (χ2v) is 8.26. The van der Waals surface area contributed by atoms with Crippen LogP contribution in [0.1, 0.15) is 32.8 Å². The van der Waals surface area contributed by atoms with Crippen molar-refractivity contribution in [2.24, 2.45) is 0 Å². The van der Waals surface area contributed by atoms with Gasteiger partial charge in [0.05, 0.1) is 32.1 Å². The lowest BCUT2D eigenvalue weighted by atomic mass is 10.0. The number of esters is 2. The van der Waals surface area contributed by atoms with E-state index in [1.54, 1.807) is 15.9 Å². The molecule has 1 aromatic carbocycles.